The van der Waals surface area contributed by atoms with Gasteiger partial charge in [0.1, 0.15) is 6.07 Å². The zero-order valence-electron chi connectivity index (χ0n) is 7.55. The number of carbonyl (C=O) groups excluding carboxylic acids is 1. The Morgan fingerprint density at radius 2 is 2.00 bits per heavy atom. The minimum Gasteiger partial charge on any atom is -0.297 e. The summed E-state index contributed by atoms with van der Waals surface area (Å²) in [5.74, 6) is 0. The molecule has 1 aromatic rings. The van der Waals surface area contributed by atoms with Crippen LogP contribution >= 0.6 is 0 Å². The molecule has 1 rings (SSSR count). The zero-order chi connectivity index (χ0) is 10.2. The molecule has 1 aromatic carbocycles. The molecule has 0 heterocycles. The van der Waals surface area contributed by atoms with Gasteiger partial charge in [0.05, 0.1) is 5.57 Å². The molecule has 0 aliphatic rings. The fourth-order valence-electron chi connectivity index (χ4n) is 0.930. The lowest BCUT2D eigenvalue weighted by Crippen LogP contribution is -1.76. The smallest absolute Gasteiger partial charge is 0.160 e. The van der Waals surface area contributed by atoms with E-state index in [1.165, 1.54) is 6.08 Å². The van der Waals surface area contributed by atoms with Crippen LogP contribution in [0.2, 0.25) is 0 Å². The highest BCUT2D eigenvalue weighted by Crippen LogP contribution is 2.01. The minimum absolute atomic E-state index is 0.122. The van der Waals surface area contributed by atoms with Crippen molar-refractivity contribution in [2.24, 2.45) is 0 Å². The Balaban J connectivity index is 2.71. The number of carbonyl (C=O) groups is 1. The number of nitriles is 1. The van der Waals surface area contributed by atoms with Crippen molar-refractivity contribution < 1.29 is 4.79 Å². The Labute approximate surface area is 82.8 Å². The van der Waals surface area contributed by atoms with E-state index in [0.29, 0.717) is 6.29 Å². The summed E-state index contributed by atoms with van der Waals surface area (Å²) in [5.41, 5.74) is 1.16. The second kappa shape index (κ2) is 5.50. The van der Waals surface area contributed by atoms with Crippen molar-refractivity contribution in [3.8, 4) is 6.07 Å². The highest BCUT2D eigenvalue weighted by atomic mass is 16.1. The Bertz CT molecular complexity index is 396. The van der Waals surface area contributed by atoms with Crippen molar-refractivity contribution in [3.05, 3.63) is 53.6 Å². The van der Waals surface area contributed by atoms with Gasteiger partial charge < -0.3 is 0 Å². The predicted octanol–water partition coefficient (Wildman–Crippen LogP) is 2.35. The molecule has 0 radical (unpaired) electrons. The van der Waals surface area contributed by atoms with Gasteiger partial charge in [-0.3, -0.25) is 4.79 Å². The molecular formula is C12H9NO. The molecule has 0 saturated heterocycles. The van der Waals surface area contributed by atoms with Gasteiger partial charge in [-0.1, -0.05) is 42.5 Å². The van der Waals surface area contributed by atoms with Crippen molar-refractivity contribution in [1.82, 2.24) is 0 Å². The molecule has 0 fully saturated rings. The highest BCUT2D eigenvalue weighted by molar-refractivity contribution is 5.79. The van der Waals surface area contributed by atoms with E-state index in [9.17, 15) is 4.79 Å². The van der Waals surface area contributed by atoms with Gasteiger partial charge >= 0.3 is 0 Å². The molecule has 0 spiro atoms. The van der Waals surface area contributed by atoms with E-state index in [1.54, 1.807) is 12.1 Å². The Morgan fingerprint density at radius 3 is 2.57 bits per heavy atom. The van der Waals surface area contributed by atoms with E-state index in [2.05, 4.69) is 0 Å². The van der Waals surface area contributed by atoms with E-state index in [1.807, 2.05) is 36.4 Å². The number of hydrogen-bond donors (Lipinski definition) is 0. The Kier molecular flexibility index (Phi) is 3.90. The van der Waals surface area contributed by atoms with Crippen LogP contribution in [0.1, 0.15) is 5.56 Å². The van der Waals surface area contributed by atoms with Gasteiger partial charge in [-0.2, -0.15) is 5.26 Å². The molecule has 0 saturated carbocycles. The summed E-state index contributed by atoms with van der Waals surface area (Å²) in [4.78, 5) is 10.3. The third-order valence-corrected chi connectivity index (χ3v) is 1.62. The number of hydrogen-bond acceptors (Lipinski definition) is 2. The summed E-state index contributed by atoms with van der Waals surface area (Å²) in [5, 5.41) is 8.44. The van der Waals surface area contributed by atoms with Gasteiger partial charge in [0.2, 0.25) is 0 Å². The average Bonchev–Trinajstić information content (AvgIpc) is 2.26. The first-order chi connectivity index (χ1) is 6.86. The zero-order valence-corrected chi connectivity index (χ0v) is 7.55. The first kappa shape index (κ1) is 9.94. The maximum Gasteiger partial charge on any atom is 0.160 e. The topological polar surface area (TPSA) is 40.9 Å². The van der Waals surface area contributed by atoms with Crippen molar-refractivity contribution in [2.75, 3.05) is 0 Å². The van der Waals surface area contributed by atoms with E-state index in [-0.39, 0.29) is 5.57 Å². The average molecular weight is 183 g/mol. The molecule has 0 aliphatic heterocycles. The van der Waals surface area contributed by atoms with Crippen LogP contribution in [-0.4, -0.2) is 6.29 Å². The molecule has 14 heavy (non-hydrogen) atoms. The SMILES string of the molecule is N#C/C(C=O)=C\C=C\c1ccccc1. The van der Waals surface area contributed by atoms with E-state index in [0.717, 1.165) is 5.56 Å². The van der Waals surface area contributed by atoms with Gasteiger partial charge in [-0.25, -0.2) is 0 Å². The molecule has 0 atom stereocenters. The van der Waals surface area contributed by atoms with Gasteiger partial charge in [0.25, 0.3) is 0 Å². The molecule has 2 nitrogen and oxygen atoms in total. The highest BCUT2D eigenvalue weighted by Gasteiger charge is 1.86. The third kappa shape index (κ3) is 3.08. The summed E-state index contributed by atoms with van der Waals surface area (Å²) in [6.07, 6.45) is 5.54. The van der Waals surface area contributed by atoms with Crippen LogP contribution in [0.25, 0.3) is 6.08 Å². The normalized spacial score (nSPS) is 11.2. The second-order valence-electron chi connectivity index (χ2n) is 2.62. The maximum atomic E-state index is 10.3. The number of allylic oxidation sites excluding steroid dienone is 3. The lowest BCUT2D eigenvalue weighted by molar-refractivity contribution is -0.104. The lowest BCUT2D eigenvalue weighted by atomic mass is 10.2. The summed E-state index contributed by atoms with van der Waals surface area (Å²) in [6, 6.07) is 11.4. The Morgan fingerprint density at radius 1 is 1.29 bits per heavy atom. The fraction of sp³-hybridized carbons (Fsp3) is 0. The molecular weight excluding hydrogens is 174 g/mol. The minimum atomic E-state index is 0.122. The maximum absolute atomic E-state index is 10.3. The van der Waals surface area contributed by atoms with Crippen molar-refractivity contribution in [2.45, 2.75) is 0 Å². The molecule has 68 valence electrons. The largest absolute Gasteiger partial charge is 0.297 e. The third-order valence-electron chi connectivity index (χ3n) is 1.62. The summed E-state index contributed by atoms with van der Waals surface area (Å²) in [6.45, 7) is 0. The van der Waals surface area contributed by atoms with Gasteiger partial charge in [0.15, 0.2) is 6.29 Å². The first-order valence-electron chi connectivity index (χ1n) is 4.15. The summed E-state index contributed by atoms with van der Waals surface area (Å²) < 4.78 is 0. The van der Waals surface area contributed by atoms with Crippen LogP contribution in [0.4, 0.5) is 0 Å². The Hall–Kier alpha value is -2.14. The number of aldehydes is 1. The standard InChI is InChI=1S/C12H9NO/c13-9-12(10-14)8-4-7-11-5-2-1-3-6-11/h1-8,10H/b7-4+,12-8+. The number of benzene rings is 1. The summed E-state index contributed by atoms with van der Waals surface area (Å²) in [7, 11) is 0. The van der Waals surface area contributed by atoms with E-state index < -0.39 is 0 Å². The molecule has 0 bridgehead atoms. The molecule has 0 aromatic heterocycles. The molecule has 0 unspecified atom stereocenters. The van der Waals surface area contributed by atoms with Crippen LogP contribution in [0.5, 0.6) is 0 Å². The van der Waals surface area contributed by atoms with Crippen LogP contribution in [0, 0.1) is 11.3 Å². The van der Waals surface area contributed by atoms with Gasteiger partial charge in [-0.15, -0.1) is 0 Å². The molecule has 0 aliphatic carbocycles. The van der Waals surface area contributed by atoms with Gasteiger partial charge in [-0.05, 0) is 11.6 Å². The molecule has 2 heteroatoms. The van der Waals surface area contributed by atoms with E-state index in [4.69, 9.17) is 5.26 Å². The molecule has 0 N–H and O–H groups in total. The van der Waals surface area contributed by atoms with Crippen LogP contribution in [0.15, 0.2) is 48.1 Å². The quantitative estimate of drug-likeness (QED) is 0.312. The second-order valence-corrected chi connectivity index (χ2v) is 2.62. The summed E-state index contributed by atoms with van der Waals surface area (Å²) >= 11 is 0. The van der Waals surface area contributed by atoms with Crippen LogP contribution < -0.4 is 0 Å². The molecule has 0 amide bonds. The van der Waals surface area contributed by atoms with Crippen molar-refractivity contribution in [1.29, 1.82) is 5.26 Å². The lowest BCUT2D eigenvalue weighted by Gasteiger charge is -1.88. The van der Waals surface area contributed by atoms with E-state index >= 15 is 0 Å². The number of nitrogens with zero attached hydrogens (tertiary/aromatic N) is 1. The van der Waals surface area contributed by atoms with Crippen molar-refractivity contribution in [3.63, 3.8) is 0 Å². The predicted molar refractivity (Wildman–Crippen MR) is 55.2 cm³/mol. The fourth-order valence-corrected chi connectivity index (χ4v) is 0.930. The number of rotatable bonds is 3. The monoisotopic (exact) mass is 183 g/mol. The van der Waals surface area contributed by atoms with Crippen molar-refractivity contribution >= 4 is 12.4 Å². The van der Waals surface area contributed by atoms with Crippen LogP contribution in [0.3, 0.4) is 0 Å². The van der Waals surface area contributed by atoms with Crippen LogP contribution in [-0.2, 0) is 4.79 Å². The first-order valence-corrected chi connectivity index (χ1v) is 4.15. The van der Waals surface area contributed by atoms with Gasteiger partial charge in [0, 0.05) is 0 Å².